The van der Waals surface area contributed by atoms with Gasteiger partial charge in [-0.25, -0.2) is 0 Å². The summed E-state index contributed by atoms with van der Waals surface area (Å²) in [6, 6.07) is 6.45. The monoisotopic (exact) mass is 235 g/mol. The summed E-state index contributed by atoms with van der Waals surface area (Å²) in [4.78, 5) is 10.4. The van der Waals surface area contributed by atoms with Crippen molar-refractivity contribution in [3.05, 3.63) is 34.9 Å². The number of carbonyl (C=O) groups is 1. The van der Waals surface area contributed by atoms with E-state index in [1.807, 2.05) is 0 Å². The lowest BCUT2D eigenvalue weighted by Crippen LogP contribution is -2.15. The van der Waals surface area contributed by atoms with Gasteiger partial charge in [0.15, 0.2) is 0 Å². The maximum absolute atomic E-state index is 10.4. The molecule has 78 valence electrons. The average molecular weight is 236 g/mol. The van der Waals surface area contributed by atoms with Crippen LogP contribution in [0.3, 0.4) is 0 Å². The van der Waals surface area contributed by atoms with Crippen molar-refractivity contribution < 1.29 is 9.90 Å². The van der Waals surface area contributed by atoms with Gasteiger partial charge in [0.2, 0.25) is 0 Å². The molecule has 0 aliphatic rings. The van der Waals surface area contributed by atoms with Crippen molar-refractivity contribution in [2.75, 3.05) is 0 Å². The van der Waals surface area contributed by atoms with E-state index < -0.39 is 12.0 Å². The molecule has 1 atom stereocenters. The van der Waals surface area contributed by atoms with Crippen LogP contribution in [0.2, 0.25) is 5.02 Å². The number of rotatable bonds is 3. The molecule has 0 bridgehead atoms. The van der Waals surface area contributed by atoms with E-state index in [4.69, 9.17) is 22.4 Å². The van der Waals surface area contributed by atoms with E-state index in [-0.39, 0.29) is 18.8 Å². The summed E-state index contributed by atoms with van der Waals surface area (Å²) in [5, 5.41) is 9.02. The molecule has 1 aromatic rings. The molecule has 0 fully saturated rings. The molecule has 1 unspecified atom stereocenters. The second-order valence-electron chi connectivity index (χ2n) is 2.73. The molecule has 0 spiro atoms. The molecule has 3 N–H and O–H groups in total. The fourth-order valence-electron chi connectivity index (χ4n) is 1.07. The van der Waals surface area contributed by atoms with Crippen LogP contribution in [-0.2, 0) is 4.79 Å². The first-order valence-electron chi connectivity index (χ1n) is 3.83. The van der Waals surface area contributed by atoms with Crippen molar-refractivity contribution in [3.8, 4) is 0 Å². The van der Waals surface area contributed by atoms with Crippen LogP contribution >= 0.6 is 24.0 Å². The molecule has 5 heteroatoms. The van der Waals surface area contributed by atoms with Crippen LogP contribution in [0.25, 0.3) is 0 Å². The van der Waals surface area contributed by atoms with Crippen molar-refractivity contribution in [2.24, 2.45) is 5.73 Å². The van der Waals surface area contributed by atoms with E-state index in [0.29, 0.717) is 10.6 Å². The highest BCUT2D eigenvalue weighted by molar-refractivity contribution is 6.31. The standard InChI is InChI=1S/C9H10ClNO2.ClH/c10-7-4-2-1-3-6(7)8(11)5-9(12)13;/h1-4,8H,5,11H2,(H,12,13);1H. The number of carboxylic acids is 1. The summed E-state index contributed by atoms with van der Waals surface area (Å²) in [6.07, 6.45) is -0.107. The number of nitrogens with two attached hydrogens (primary N) is 1. The molecule has 0 saturated heterocycles. The highest BCUT2D eigenvalue weighted by Crippen LogP contribution is 2.22. The smallest absolute Gasteiger partial charge is 0.305 e. The Bertz CT molecular complexity index is 317. The van der Waals surface area contributed by atoms with Crippen molar-refractivity contribution in [2.45, 2.75) is 12.5 Å². The Hall–Kier alpha value is -0.770. The maximum Gasteiger partial charge on any atom is 0.305 e. The van der Waals surface area contributed by atoms with Crippen molar-refractivity contribution in [1.29, 1.82) is 0 Å². The molecule has 0 aliphatic carbocycles. The lowest BCUT2D eigenvalue weighted by molar-refractivity contribution is -0.137. The van der Waals surface area contributed by atoms with Gasteiger partial charge in [0.1, 0.15) is 0 Å². The van der Waals surface area contributed by atoms with Gasteiger partial charge < -0.3 is 10.8 Å². The zero-order chi connectivity index (χ0) is 9.84. The molecule has 0 amide bonds. The Labute approximate surface area is 93.3 Å². The van der Waals surface area contributed by atoms with E-state index in [1.165, 1.54) is 0 Å². The first-order valence-corrected chi connectivity index (χ1v) is 4.21. The first kappa shape index (κ1) is 13.2. The number of halogens is 2. The molecule has 14 heavy (non-hydrogen) atoms. The first-order chi connectivity index (χ1) is 6.11. The quantitative estimate of drug-likeness (QED) is 0.845. The van der Waals surface area contributed by atoms with Gasteiger partial charge in [-0.3, -0.25) is 4.79 Å². The van der Waals surface area contributed by atoms with Gasteiger partial charge >= 0.3 is 5.97 Å². The molecule has 0 radical (unpaired) electrons. The van der Waals surface area contributed by atoms with Crippen LogP contribution in [0, 0.1) is 0 Å². The molecular formula is C9H11Cl2NO2. The number of aliphatic carboxylic acids is 1. The van der Waals surface area contributed by atoms with E-state index in [1.54, 1.807) is 24.3 Å². The van der Waals surface area contributed by atoms with Gasteiger partial charge in [-0.1, -0.05) is 29.8 Å². The normalized spacial score (nSPS) is 11.6. The molecule has 0 aromatic heterocycles. The fraction of sp³-hybridized carbons (Fsp3) is 0.222. The largest absolute Gasteiger partial charge is 0.481 e. The molecule has 1 aromatic carbocycles. The summed E-state index contributed by atoms with van der Waals surface area (Å²) in [6.45, 7) is 0. The SMILES string of the molecule is Cl.NC(CC(=O)O)c1ccccc1Cl. The van der Waals surface area contributed by atoms with Crippen molar-refractivity contribution in [1.82, 2.24) is 0 Å². The van der Waals surface area contributed by atoms with Crippen LogP contribution in [0.1, 0.15) is 18.0 Å². The number of benzene rings is 1. The highest BCUT2D eigenvalue weighted by atomic mass is 35.5. The second kappa shape index (κ2) is 5.86. The van der Waals surface area contributed by atoms with Gasteiger partial charge in [-0.05, 0) is 11.6 Å². The van der Waals surface area contributed by atoms with E-state index in [9.17, 15) is 4.79 Å². The van der Waals surface area contributed by atoms with E-state index in [2.05, 4.69) is 0 Å². The average Bonchev–Trinajstić information content (AvgIpc) is 2.03. The van der Waals surface area contributed by atoms with Crippen LogP contribution in [0.15, 0.2) is 24.3 Å². The predicted molar refractivity (Wildman–Crippen MR) is 57.9 cm³/mol. The van der Waals surface area contributed by atoms with Crippen molar-refractivity contribution >= 4 is 30.0 Å². The van der Waals surface area contributed by atoms with Gasteiger partial charge in [-0.2, -0.15) is 0 Å². The van der Waals surface area contributed by atoms with Gasteiger partial charge in [0.05, 0.1) is 6.42 Å². The third kappa shape index (κ3) is 3.54. The zero-order valence-corrected chi connectivity index (χ0v) is 8.89. The molecular weight excluding hydrogens is 225 g/mol. The molecule has 3 nitrogen and oxygen atoms in total. The summed E-state index contributed by atoms with van der Waals surface area (Å²) in [5.41, 5.74) is 6.30. The van der Waals surface area contributed by atoms with Crippen molar-refractivity contribution in [3.63, 3.8) is 0 Å². The molecule has 1 rings (SSSR count). The van der Waals surface area contributed by atoms with Gasteiger partial charge in [0.25, 0.3) is 0 Å². The van der Waals surface area contributed by atoms with Crippen LogP contribution in [0.5, 0.6) is 0 Å². The second-order valence-corrected chi connectivity index (χ2v) is 3.13. The highest BCUT2D eigenvalue weighted by Gasteiger charge is 2.12. The summed E-state index contributed by atoms with van der Waals surface area (Å²) >= 11 is 5.83. The lowest BCUT2D eigenvalue weighted by Gasteiger charge is -2.10. The van der Waals surface area contributed by atoms with E-state index in [0.717, 1.165) is 0 Å². The van der Waals surface area contributed by atoms with Gasteiger partial charge in [-0.15, -0.1) is 12.4 Å². The Kier molecular flexibility index (Phi) is 5.53. The number of hydrogen-bond acceptors (Lipinski definition) is 2. The molecule has 0 heterocycles. The van der Waals surface area contributed by atoms with Crippen LogP contribution in [-0.4, -0.2) is 11.1 Å². The number of hydrogen-bond donors (Lipinski definition) is 2. The Morgan fingerprint density at radius 3 is 2.57 bits per heavy atom. The molecule has 0 saturated carbocycles. The zero-order valence-electron chi connectivity index (χ0n) is 7.31. The third-order valence-electron chi connectivity index (χ3n) is 1.70. The lowest BCUT2D eigenvalue weighted by atomic mass is 10.1. The summed E-state index contributed by atoms with van der Waals surface area (Å²) in [7, 11) is 0. The fourth-order valence-corrected chi connectivity index (χ4v) is 1.35. The minimum atomic E-state index is -0.924. The minimum Gasteiger partial charge on any atom is -0.481 e. The Morgan fingerprint density at radius 2 is 2.07 bits per heavy atom. The topological polar surface area (TPSA) is 63.3 Å². The van der Waals surface area contributed by atoms with Crippen LogP contribution < -0.4 is 5.73 Å². The van der Waals surface area contributed by atoms with E-state index >= 15 is 0 Å². The number of carboxylic acid groups (broad SMARTS) is 1. The maximum atomic E-state index is 10.4. The minimum absolute atomic E-state index is 0. The predicted octanol–water partition coefficient (Wildman–Crippen LogP) is 2.24. The van der Waals surface area contributed by atoms with Crippen LogP contribution in [0.4, 0.5) is 0 Å². The Morgan fingerprint density at radius 1 is 1.50 bits per heavy atom. The van der Waals surface area contributed by atoms with Gasteiger partial charge in [0, 0.05) is 11.1 Å². The summed E-state index contributed by atoms with van der Waals surface area (Å²) in [5.74, 6) is -0.924. The third-order valence-corrected chi connectivity index (χ3v) is 2.04. The molecule has 0 aliphatic heterocycles. The summed E-state index contributed by atoms with van der Waals surface area (Å²) < 4.78 is 0. The Balaban J connectivity index is 0.00000169.